The van der Waals surface area contributed by atoms with Crippen LogP contribution >= 0.6 is 0 Å². The van der Waals surface area contributed by atoms with E-state index >= 15 is 0 Å². The highest BCUT2D eigenvalue weighted by atomic mass is 16.4. The van der Waals surface area contributed by atoms with Gasteiger partial charge in [-0.3, -0.25) is 9.59 Å². The molecule has 1 fully saturated rings. The Morgan fingerprint density at radius 2 is 2.29 bits per heavy atom. The first-order chi connectivity index (χ1) is 6.54. The first-order valence-corrected chi connectivity index (χ1v) is 4.34. The fourth-order valence-electron chi connectivity index (χ4n) is 1.43. The van der Waals surface area contributed by atoms with Crippen LogP contribution in [0, 0.1) is 5.92 Å². The molecule has 0 radical (unpaired) electrons. The van der Waals surface area contributed by atoms with E-state index in [2.05, 4.69) is 0 Å². The second kappa shape index (κ2) is 4.39. The maximum Gasteiger partial charge on any atom is 0.308 e. The lowest BCUT2D eigenvalue weighted by Gasteiger charge is -2.18. The zero-order chi connectivity index (χ0) is 10.7. The minimum Gasteiger partial charge on any atom is -0.481 e. The molecular weight excluding hydrogens is 190 g/mol. The summed E-state index contributed by atoms with van der Waals surface area (Å²) in [5, 5.41) is 26.3. The summed E-state index contributed by atoms with van der Waals surface area (Å²) in [6.07, 6.45) is -1.01. The number of aliphatic hydroxyl groups is 2. The van der Waals surface area contributed by atoms with Crippen molar-refractivity contribution in [2.45, 2.75) is 12.5 Å². The normalized spacial score (nSPS) is 24.0. The molecule has 0 bridgehead atoms. The number of carboxylic acids is 1. The highest BCUT2D eigenvalue weighted by Crippen LogP contribution is 2.17. The summed E-state index contributed by atoms with van der Waals surface area (Å²) in [6, 6.07) is 0. The van der Waals surface area contributed by atoms with Crippen LogP contribution in [0.3, 0.4) is 0 Å². The molecule has 1 aliphatic rings. The number of carbonyl (C=O) groups excluding carboxylic acids is 1. The van der Waals surface area contributed by atoms with Gasteiger partial charge in [-0.15, -0.1) is 0 Å². The summed E-state index contributed by atoms with van der Waals surface area (Å²) >= 11 is 0. The van der Waals surface area contributed by atoms with E-state index in [1.807, 2.05) is 0 Å². The number of amides is 1. The quantitative estimate of drug-likeness (QED) is 0.504. The van der Waals surface area contributed by atoms with Crippen LogP contribution in [0.15, 0.2) is 0 Å². The van der Waals surface area contributed by atoms with Crippen LogP contribution < -0.4 is 0 Å². The van der Waals surface area contributed by atoms with Gasteiger partial charge >= 0.3 is 5.97 Å². The standard InChI is InChI=1S/C8H13NO5/c10-4-6(11)3-9-2-5(8(13)14)1-7(9)12/h5-6,10-11H,1-4H2,(H,13,14). The third-order valence-corrected chi connectivity index (χ3v) is 2.21. The minimum absolute atomic E-state index is 0.000880. The van der Waals surface area contributed by atoms with Crippen molar-refractivity contribution in [2.75, 3.05) is 19.7 Å². The largest absolute Gasteiger partial charge is 0.481 e. The summed E-state index contributed by atoms with van der Waals surface area (Å²) < 4.78 is 0. The lowest BCUT2D eigenvalue weighted by molar-refractivity contribution is -0.141. The van der Waals surface area contributed by atoms with E-state index in [9.17, 15) is 9.59 Å². The molecule has 3 N–H and O–H groups in total. The predicted octanol–water partition coefficient (Wildman–Crippen LogP) is -1.73. The number of carbonyl (C=O) groups is 2. The van der Waals surface area contributed by atoms with Gasteiger partial charge in [0.1, 0.15) is 0 Å². The van der Waals surface area contributed by atoms with Gasteiger partial charge in [0.25, 0.3) is 0 Å². The zero-order valence-electron chi connectivity index (χ0n) is 7.59. The lowest BCUT2D eigenvalue weighted by atomic mass is 10.1. The Morgan fingerprint density at radius 3 is 2.71 bits per heavy atom. The maximum atomic E-state index is 11.2. The van der Waals surface area contributed by atoms with E-state index in [1.54, 1.807) is 0 Å². The number of carboxylic acid groups (broad SMARTS) is 1. The molecule has 1 heterocycles. The molecule has 1 saturated heterocycles. The second-order valence-corrected chi connectivity index (χ2v) is 3.37. The summed E-state index contributed by atoms with van der Waals surface area (Å²) in [4.78, 5) is 23.0. The van der Waals surface area contributed by atoms with Crippen molar-refractivity contribution < 1.29 is 24.9 Å². The molecule has 0 saturated carbocycles. The summed E-state index contributed by atoms with van der Waals surface area (Å²) in [5.74, 6) is -1.97. The number of aliphatic carboxylic acids is 1. The summed E-state index contributed by atoms with van der Waals surface area (Å²) in [5.41, 5.74) is 0. The molecule has 1 aliphatic heterocycles. The molecule has 80 valence electrons. The second-order valence-electron chi connectivity index (χ2n) is 3.37. The highest BCUT2D eigenvalue weighted by Gasteiger charge is 2.34. The Balaban J connectivity index is 2.48. The Morgan fingerprint density at radius 1 is 1.64 bits per heavy atom. The first-order valence-electron chi connectivity index (χ1n) is 4.34. The molecule has 2 atom stereocenters. The van der Waals surface area contributed by atoms with Crippen molar-refractivity contribution >= 4 is 11.9 Å². The monoisotopic (exact) mass is 203 g/mol. The SMILES string of the molecule is O=C(O)C1CC(=O)N(CC(O)CO)C1. The number of nitrogens with zero attached hydrogens (tertiary/aromatic N) is 1. The maximum absolute atomic E-state index is 11.2. The van der Waals surface area contributed by atoms with E-state index in [0.29, 0.717) is 0 Å². The van der Waals surface area contributed by atoms with Crippen molar-refractivity contribution in [2.24, 2.45) is 5.92 Å². The predicted molar refractivity (Wildman–Crippen MR) is 45.4 cm³/mol. The lowest BCUT2D eigenvalue weighted by Crippen LogP contribution is -2.35. The van der Waals surface area contributed by atoms with Crippen LogP contribution in [0.5, 0.6) is 0 Å². The van der Waals surface area contributed by atoms with Gasteiger partial charge in [0.2, 0.25) is 5.91 Å². The van der Waals surface area contributed by atoms with E-state index in [-0.39, 0.29) is 25.4 Å². The van der Waals surface area contributed by atoms with Gasteiger partial charge in [-0.05, 0) is 0 Å². The number of aliphatic hydroxyl groups excluding tert-OH is 2. The molecule has 1 rings (SSSR count). The Bertz CT molecular complexity index is 242. The smallest absolute Gasteiger partial charge is 0.308 e. The van der Waals surface area contributed by atoms with Gasteiger partial charge in [0, 0.05) is 19.5 Å². The van der Waals surface area contributed by atoms with Crippen molar-refractivity contribution in [3.63, 3.8) is 0 Å². The van der Waals surface area contributed by atoms with Crippen LogP contribution in [0.4, 0.5) is 0 Å². The number of rotatable bonds is 4. The van der Waals surface area contributed by atoms with Crippen molar-refractivity contribution in [3.05, 3.63) is 0 Å². The topological polar surface area (TPSA) is 98.1 Å². The zero-order valence-corrected chi connectivity index (χ0v) is 7.59. The average Bonchev–Trinajstić information content (AvgIpc) is 2.48. The average molecular weight is 203 g/mol. The van der Waals surface area contributed by atoms with Gasteiger partial charge < -0.3 is 20.2 Å². The van der Waals surface area contributed by atoms with Gasteiger partial charge in [0.15, 0.2) is 0 Å². The molecule has 0 aromatic carbocycles. The molecule has 0 aliphatic carbocycles. The Labute approximate surface area is 80.8 Å². The van der Waals surface area contributed by atoms with Crippen LogP contribution in [-0.2, 0) is 9.59 Å². The van der Waals surface area contributed by atoms with E-state index in [1.165, 1.54) is 4.90 Å². The van der Waals surface area contributed by atoms with Crippen LogP contribution in [0.1, 0.15) is 6.42 Å². The van der Waals surface area contributed by atoms with E-state index in [0.717, 1.165) is 0 Å². The van der Waals surface area contributed by atoms with E-state index in [4.69, 9.17) is 15.3 Å². The first kappa shape index (κ1) is 10.9. The summed E-state index contributed by atoms with van der Waals surface area (Å²) in [6.45, 7) is -0.314. The molecule has 0 spiro atoms. The molecule has 0 aromatic heterocycles. The molecule has 0 aromatic rings. The number of likely N-dealkylation sites (tertiary alicyclic amines) is 1. The number of β-amino-alcohol motifs (C(OH)–C–C–N with tert-alkyl or cyclic N) is 1. The highest BCUT2D eigenvalue weighted by molar-refractivity contribution is 5.86. The number of hydrogen-bond acceptors (Lipinski definition) is 4. The van der Waals surface area contributed by atoms with Crippen molar-refractivity contribution in [3.8, 4) is 0 Å². The fourth-order valence-corrected chi connectivity index (χ4v) is 1.43. The van der Waals surface area contributed by atoms with Crippen LogP contribution in [0.2, 0.25) is 0 Å². The number of hydrogen-bond donors (Lipinski definition) is 3. The molecule has 2 unspecified atom stereocenters. The molecule has 14 heavy (non-hydrogen) atoms. The van der Waals surface area contributed by atoms with Gasteiger partial charge in [0.05, 0.1) is 18.6 Å². The van der Waals surface area contributed by atoms with Gasteiger partial charge in [-0.2, -0.15) is 0 Å². The van der Waals surface area contributed by atoms with Crippen LogP contribution in [-0.4, -0.2) is 57.9 Å². The fraction of sp³-hybridized carbons (Fsp3) is 0.750. The molecule has 6 heteroatoms. The van der Waals surface area contributed by atoms with Crippen molar-refractivity contribution in [1.82, 2.24) is 4.90 Å². The van der Waals surface area contributed by atoms with Gasteiger partial charge in [-0.25, -0.2) is 0 Å². The molecular formula is C8H13NO5. The van der Waals surface area contributed by atoms with E-state index < -0.39 is 24.6 Å². The third kappa shape index (κ3) is 2.43. The van der Waals surface area contributed by atoms with Crippen LogP contribution in [0.25, 0.3) is 0 Å². The Kier molecular flexibility index (Phi) is 3.43. The third-order valence-electron chi connectivity index (χ3n) is 2.21. The Hall–Kier alpha value is -1.14. The minimum atomic E-state index is -1.00. The molecule has 1 amide bonds. The van der Waals surface area contributed by atoms with Gasteiger partial charge in [-0.1, -0.05) is 0 Å². The molecule has 6 nitrogen and oxygen atoms in total. The van der Waals surface area contributed by atoms with Crippen molar-refractivity contribution in [1.29, 1.82) is 0 Å². The summed E-state index contributed by atoms with van der Waals surface area (Å²) in [7, 11) is 0.